The molecule has 0 radical (unpaired) electrons. The zero-order chi connectivity index (χ0) is 18.5. The fourth-order valence-electron chi connectivity index (χ4n) is 2.44. The van der Waals surface area contributed by atoms with Gasteiger partial charge in [-0.3, -0.25) is 4.79 Å². The molecule has 0 spiro atoms. The van der Waals surface area contributed by atoms with Gasteiger partial charge in [0.05, 0.1) is 17.8 Å². The number of Topliss-reactive ketones (excluding diaryl/α,β-unsaturated/α-hetero) is 1. The molecule has 0 bridgehead atoms. The third kappa shape index (κ3) is 4.30. The molecular formula is C19H14Cl2N2O2S. The summed E-state index contributed by atoms with van der Waals surface area (Å²) in [6, 6.07) is 13.0. The minimum Gasteiger partial charge on any atom is -0.758 e. The predicted octanol–water partition coefficient (Wildman–Crippen LogP) is 4.44. The molecule has 3 aromatic rings. The Kier molecular flexibility index (Phi) is 6.04. The number of carbonyl (C=O) groups is 1. The number of aromatic nitrogens is 1. The van der Waals surface area contributed by atoms with Crippen LogP contribution in [0.5, 0.6) is 0 Å². The van der Waals surface area contributed by atoms with Crippen LogP contribution in [0, 0.1) is 0 Å². The number of furan rings is 1. The average molecular weight is 405 g/mol. The molecule has 0 aliphatic rings. The van der Waals surface area contributed by atoms with Crippen LogP contribution in [0.1, 0.15) is 22.2 Å². The number of halogens is 2. The number of hydrogen-bond donors (Lipinski definition) is 0. The summed E-state index contributed by atoms with van der Waals surface area (Å²) in [5.41, 5.74) is 0.341. The molecule has 4 nitrogen and oxygen atoms in total. The number of pyridine rings is 1. The third-order valence-corrected chi connectivity index (χ3v) is 4.59. The van der Waals surface area contributed by atoms with Gasteiger partial charge in [-0.25, -0.2) is 0 Å². The molecular weight excluding hydrogens is 391 g/mol. The van der Waals surface area contributed by atoms with Crippen LogP contribution in [-0.2, 0) is 19.2 Å². The number of hydrogen-bond acceptors (Lipinski definition) is 4. The summed E-state index contributed by atoms with van der Waals surface area (Å²) in [5.74, 6) is 0.414. The topological polar surface area (TPSA) is 46.5 Å². The zero-order valence-corrected chi connectivity index (χ0v) is 15.8. The van der Waals surface area contributed by atoms with Crippen LogP contribution < -0.4 is 4.57 Å². The summed E-state index contributed by atoms with van der Waals surface area (Å²) < 4.78 is 6.98. The first-order chi connectivity index (χ1) is 12.6. The van der Waals surface area contributed by atoms with E-state index in [0.29, 0.717) is 16.3 Å². The van der Waals surface area contributed by atoms with Crippen LogP contribution in [0.15, 0.2) is 76.6 Å². The Morgan fingerprint density at radius 1 is 1.15 bits per heavy atom. The molecule has 26 heavy (non-hydrogen) atoms. The minimum atomic E-state index is -0.792. The number of nitrogens with zero attached hydrogens (tertiary/aromatic N) is 2. The van der Waals surface area contributed by atoms with Crippen molar-refractivity contribution < 1.29 is 13.8 Å². The fraction of sp³-hybridized carbons (Fsp3) is 0.105. The van der Waals surface area contributed by atoms with Crippen LogP contribution in [0.25, 0.3) is 0 Å². The normalized spacial score (nSPS) is 12.8. The van der Waals surface area contributed by atoms with Gasteiger partial charge in [0.15, 0.2) is 12.4 Å². The van der Waals surface area contributed by atoms with Gasteiger partial charge in [-0.15, -0.1) is 0 Å². The largest absolute Gasteiger partial charge is 0.758 e. The lowest BCUT2D eigenvalue weighted by Gasteiger charge is -2.19. The van der Waals surface area contributed by atoms with Gasteiger partial charge in [-0.05, 0) is 35.4 Å². The van der Waals surface area contributed by atoms with Crippen LogP contribution >= 0.6 is 23.2 Å². The van der Waals surface area contributed by atoms with Gasteiger partial charge in [0.25, 0.3) is 0 Å². The van der Waals surface area contributed by atoms with Crippen molar-refractivity contribution in [2.24, 2.45) is 4.99 Å². The molecule has 7 heteroatoms. The monoisotopic (exact) mass is 404 g/mol. The Morgan fingerprint density at radius 3 is 2.58 bits per heavy atom. The van der Waals surface area contributed by atoms with Crippen LogP contribution in [0.3, 0.4) is 0 Å². The van der Waals surface area contributed by atoms with E-state index in [1.54, 1.807) is 47.5 Å². The van der Waals surface area contributed by atoms with Crippen molar-refractivity contribution in [1.29, 1.82) is 0 Å². The summed E-state index contributed by atoms with van der Waals surface area (Å²) >= 11 is 17.6. The van der Waals surface area contributed by atoms with E-state index in [1.807, 2.05) is 18.2 Å². The lowest BCUT2D eigenvalue weighted by Crippen LogP contribution is -2.47. The summed E-state index contributed by atoms with van der Waals surface area (Å²) in [5, 5.41) is 0.979. The van der Waals surface area contributed by atoms with Crippen molar-refractivity contribution in [2.75, 3.05) is 0 Å². The Balaban J connectivity index is 1.98. The second kappa shape index (κ2) is 8.45. The third-order valence-electron chi connectivity index (χ3n) is 3.69. The van der Waals surface area contributed by atoms with Gasteiger partial charge in [0.2, 0.25) is 11.8 Å². The smallest absolute Gasteiger partial charge is 0.237 e. The maximum Gasteiger partial charge on any atom is 0.237 e. The molecule has 0 N–H and O–H groups in total. The molecule has 0 saturated heterocycles. The summed E-state index contributed by atoms with van der Waals surface area (Å²) in [6.07, 6.45) is 5.10. The number of ketones is 1. The van der Waals surface area contributed by atoms with Gasteiger partial charge in [-0.1, -0.05) is 29.3 Å². The lowest BCUT2D eigenvalue weighted by atomic mass is 10.0. The molecule has 1 aromatic carbocycles. The lowest BCUT2D eigenvalue weighted by molar-refractivity contribution is -0.691. The number of carbonyl (C=O) groups excluding carboxylic acids is 1. The Morgan fingerprint density at radius 2 is 1.92 bits per heavy atom. The van der Waals surface area contributed by atoms with Gasteiger partial charge in [0, 0.05) is 22.7 Å². The molecule has 0 aliphatic carbocycles. The first-order valence-corrected chi connectivity index (χ1v) is 8.91. The summed E-state index contributed by atoms with van der Waals surface area (Å²) in [6.45, 7) is 0.261. The molecule has 2 aromatic heterocycles. The molecule has 0 saturated carbocycles. The van der Waals surface area contributed by atoms with Crippen LogP contribution in [0.4, 0.5) is 0 Å². The minimum absolute atomic E-state index is 0.244. The molecule has 0 unspecified atom stereocenters. The maximum atomic E-state index is 13.2. The number of rotatable bonds is 6. The standard InChI is InChI=1S/C19H14Cl2N2O2S/c20-13-6-7-15(16(21)11-13)18(24)17(23-8-2-1-3-9-23)19(26)22-12-14-5-4-10-25-14/h1-11,17H,12H2/t17-/m0/s1. The van der Waals surface area contributed by atoms with Crippen LogP contribution in [0.2, 0.25) is 10.0 Å². The quantitative estimate of drug-likeness (QED) is 0.200. The van der Waals surface area contributed by atoms with Gasteiger partial charge in [0.1, 0.15) is 5.76 Å². The highest BCUT2D eigenvalue weighted by molar-refractivity contribution is 7.77. The maximum absolute atomic E-state index is 13.2. The second-order valence-corrected chi connectivity index (χ2v) is 6.71. The van der Waals surface area contributed by atoms with Crippen molar-refractivity contribution in [1.82, 2.24) is 0 Å². The first-order valence-electron chi connectivity index (χ1n) is 7.75. The molecule has 2 heterocycles. The van der Waals surface area contributed by atoms with E-state index in [4.69, 9.17) is 40.2 Å². The highest BCUT2D eigenvalue weighted by Crippen LogP contribution is 2.24. The molecule has 0 aliphatic heterocycles. The van der Waals surface area contributed by atoms with E-state index >= 15 is 0 Å². The number of benzene rings is 1. The van der Waals surface area contributed by atoms with Gasteiger partial charge < -0.3 is 22.0 Å². The van der Waals surface area contributed by atoms with Crippen molar-refractivity contribution >= 4 is 46.7 Å². The SMILES string of the molecule is O=C(c1ccc(Cl)cc1Cl)[C@@H](C([S-])=NCc1ccco1)[n+]1ccccc1. The second-order valence-electron chi connectivity index (χ2n) is 5.45. The Labute approximate surface area is 166 Å². The van der Waals surface area contributed by atoms with E-state index in [0.717, 1.165) is 0 Å². The van der Waals surface area contributed by atoms with Gasteiger partial charge >= 0.3 is 0 Å². The fourth-order valence-corrected chi connectivity index (χ4v) is 3.24. The molecule has 0 fully saturated rings. The van der Waals surface area contributed by atoms with Gasteiger partial charge in [-0.2, -0.15) is 4.57 Å². The van der Waals surface area contributed by atoms with Crippen molar-refractivity contribution in [2.45, 2.75) is 12.6 Å². The van der Waals surface area contributed by atoms with E-state index in [9.17, 15) is 4.79 Å². The van der Waals surface area contributed by atoms with Crippen molar-refractivity contribution in [3.05, 3.63) is 88.6 Å². The van der Waals surface area contributed by atoms with E-state index in [1.165, 1.54) is 6.07 Å². The Bertz CT molecular complexity index is 928. The first kappa shape index (κ1) is 18.6. The van der Waals surface area contributed by atoms with Crippen molar-refractivity contribution in [3.63, 3.8) is 0 Å². The molecule has 3 rings (SSSR count). The summed E-state index contributed by atoms with van der Waals surface area (Å²) in [7, 11) is 0. The Hall–Kier alpha value is -2.21. The summed E-state index contributed by atoms with van der Waals surface area (Å²) in [4.78, 5) is 17.5. The molecule has 132 valence electrons. The predicted molar refractivity (Wildman–Crippen MR) is 104 cm³/mol. The molecule has 0 amide bonds. The zero-order valence-electron chi connectivity index (χ0n) is 13.5. The highest BCUT2D eigenvalue weighted by atomic mass is 35.5. The van der Waals surface area contributed by atoms with Crippen LogP contribution in [-0.4, -0.2) is 10.8 Å². The average Bonchev–Trinajstić information content (AvgIpc) is 3.14. The highest BCUT2D eigenvalue weighted by Gasteiger charge is 2.29. The molecule has 1 atom stereocenters. The number of aliphatic imine (C=N–C) groups is 1. The van der Waals surface area contributed by atoms with Crippen molar-refractivity contribution in [3.8, 4) is 0 Å². The van der Waals surface area contributed by atoms with E-state index in [2.05, 4.69) is 4.99 Å². The van der Waals surface area contributed by atoms with E-state index in [-0.39, 0.29) is 22.4 Å². The van der Waals surface area contributed by atoms with E-state index < -0.39 is 6.04 Å².